The third kappa shape index (κ3) is 5.76. The van der Waals surface area contributed by atoms with Gasteiger partial charge >= 0.3 is 0 Å². The molecular weight excluding hydrogens is 364 g/mol. The third-order valence-corrected chi connectivity index (χ3v) is 6.76. The fraction of sp³-hybridized carbons (Fsp3) is 0.571. The zero-order valence-corrected chi connectivity index (χ0v) is 21.1. The molecule has 1 heteroatoms. The van der Waals surface area contributed by atoms with Crippen molar-refractivity contribution in [3.8, 4) is 12.8 Å². The molecule has 0 aromatic heterocycles. The number of allylic oxidation sites excluding steroid dienone is 9. The molecule has 0 heterocycles. The normalized spacial score (nSPS) is 35.6. The molecule has 0 amide bonds. The van der Waals surface area contributed by atoms with E-state index in [0.717, 1.165) is 11.5 Å². The fourth-order valence-corrected chi connectivity index (χ4v) is 5.78. The summed E-state index contributed by atoms with van der Waals surface area (Å²) in [4.78, 5) is 0. The Morgan fingerprint density at radius 1 is 0.759 bits per heavy atom. The van der Waals surface area contributed by atoms with Crippen LogP contribution in [0.5, 0.6) is 0 Å². The number of hydrogen-bond acceptors (Lipinski definition) is 0. The Hall–Kier alpha value is -1.52. The predicted molar refractivity (Wildman–Crippen MR) is 136 cm³/mol. The summed E-state index contributed by atoms with van der Waals surface area (Å²) in [5.74, 6) is 9.68. The molecule has 0 aromatic rings. The molecule has 0 radical (unpaired) electrons. The first-order valence-electron chi connectivity index (χ1n) is 11.9. The van der Waals surface area contributed by atoms with Gasteiger partial charge in [0.1, 0.15) is 0 Å². The highest BCUT2D eigenvalue weighted by atomic mass is 28.2. The highest BCUT2D eigenvalue weighted by molar-refractivity contribution is 6.31. The molecule has 0 aromatic carbocycles. The van der Waals surface area contributed by atoms with Crippen molar-refractivity contribution < 1.29 is 0 Å². The van der Waals surface area contributed by atoms with Crippen LogP contribution >= 0.6 is 0 Å². The molecule has 0 saturated heterocycles. The van der Waals surface area contributed by atoms with E-state index >= 15 is 0 Å². The van der Waals surface area contributed by atoms with Gasteiger partial charge in [0, 0.05) is 9.52 Å². The molecule has 0 atom stereocenters. The second kappa shape index (κ2) is 12.9. The van der Waals surface area contributed by atoms with E-state index in [1.807, 2.05) is 38.2 Å². The van der Waals surface area contributed by atoms with Gasteiger partial charge in [0.05, 0.1) is 0 Å². The second-order valence-electron chi connectivity index (χ2n) is 8.38. The number of hydrogen-bond donors (Lipinski definition) is 0. The Balaban J connectivity index is 0.000000193. The number of terminal acetylenes is 1. The summed E-state index contributed by atoms with van der Waals surface area (Å²) >= 11 is 0. The maximum absolute atomic E-state index is 4.00. The lowest BCUT2D eigenvalue weighted by molar-refractivity contribution is 0.434. The van der Waals surface area contributed by atoms with Crippen LogP contribution in [0.15, 0.2) is 60.8 Å². The molecular formula is C28H44Si. The van der Waals surface area contributed by atoms with E-state index in [4.69, 9.17) is 0 Å². The van der Waals surface area contributed by atoms with Gasteiger partial charge in [-0.05, 0) is 59.3 Å². The molecule has 29 heavy (non-hydrogen) atoms. The van der Waals surface area contributed by atoms with Gasteiger partial charge in [-0.25, -0.2) is 0 Å². The van der Waals surface area contributed by atoms with Crippen molar-refractivity contribution in [1.82, 2.24) is 0 Å². The van der Waals surface area contributed by atoms with Crippen LogP contribution in [0.4, 0.5) is 0 Å². The summed E-state index contributed by atoms with van der Waals surface area (Å²) in [5.41, 5.74) is 1.09. The van der Waals surface area contributed by atoms with Crippen LogP contribution in [-0.2, 0) is 0 Å². The van der Waals surface area contributed by atoms with Gasteiger partial charge in [0.15, 0.2) is 0 Å². The average Bonchev–Trinajstić information content (AvgIpc) is 3.20. The van der Waals surface area contributed by atoms with E-state index in [1.54, 1.807) is 0 Å². The molecule has 5 saturated carbocycles. The molecule has 0 aliphatic heterocycles. The first-order chi connectivity index (χ1) is 14.2. The lowest BCUT2D eigenvalue weighted by Gasteiger charge is -2.04. The van der Waals surface area contributed by atoms with Crippen LogP contribution in [0.25, 0.3) is 0 Å². The summed E-state index contributed by atoms with van der Waals surface area (Å²) in [6.45, 7) is 16.8. The first-order valence-corrected chi connectivity index (χ1v) is 14.7. The Morgan fingerprint density at radius 2 is 1.14 bits per heavy atom. The van der Waals surface area contributed by atoms with Crippen molar-refractivity contribution in [2.75, 3.05) is 0 Å². The summed E-state index contributed by atoms with van der Waals surface area (Å²) in [7, 11) is 0.417. The Bertz CT molecular complexity index is 562. The van der Waals surface area contributed by atoms with E-state index in [0.29, 0.717) is 9.52 Å². The third-order valence-electron chi connectivity index (χ3n) is 6.76. The van der Waals surface area contributed by atoms with Crippen LogP contribution in [0, 0.1) is 60.2 Å². The van der Waals surface area contributed by atoms with Crippen molar-refractivity contribution >= 4 is 9.52 Å². The van der Waals surface area contributed by atoms with Crippen molar-refractivity contribution in [1.29, 1.82) is 0 Å². The van der Waals surface area contributed by atoms with Gasteiger partial charge in [-0.1, -0.05) is 102 Å². The molecule has 7 rings (SSSR count). The molecule has 0 nitrogen and oxygen atoms in total. The van der Waals surface area contributed by atoms with Gasteiger partial charge < -0.3 is 0 Å². The number of rotatable bonds is 2. The largest absolute Gasteiger partial charge is 0.124 e. The summed E-state index contributed by atoms with van der Waals surface area (Å²) in [6, 6.07) is 0. The Kier molecular flexibility index (Phi) is 11.4. The lowest BCUT2D eigenvalue weighted by atomic mass is 10.0. The van der Waals surface area contributed by atoms with Crippen molar-refractivity contribution in [2.24, 2.45) is 47.3 Å². The van der Waals surface area contributed by atoms with E-state index in [1.165, 1.54) is 54.3 Å². The molecule has 2 bridgehead atoms. The van der Waals surface area contributed by atoms with Gasteiger partial charge in [0.25, 0.3) is 0 Å². The molecule has 7 aliphatic rings. The van der Waals surface area contributed by atoms with Crippen molar-refractivity contribution in [3.63, 3.8) is 0 Å². The van der Waals surface area contributed by atoms with Gasteiger partial charge in [0.2, 0.25) is 0 Å². The van der Waals surface area contributed by atoms with E-state index in [9.17, 15) is 0 Å². The van der Waals surface area contributed by atoms with Crippen LogP contribution < -0.4 is 0 Å². The van der Waals surface area contributed by atoms with Gasteiger partial charge in [-0.2, -0.15) is 0 Å². The molecule has 5 fully saturated rings. The topological polar surface area (TPSA) is 0 Å². The van der Waals surface area contributed by atoms with Crippen LogP contribution in [-0.4, -0.2) is 9.52 Å². The predicted octanol–water partition coefficient (Wildman–Crippen LogP) is 7.10. The van der Waals surface area contributed by atoms with Crippen LogP contribution in [0.1, 0.15) is 40.5 Å². The van der Waals surface area contributed by atoms with E-state index in [2.05, 4.69) is 70.7 Å². The SMILES string of the molecule is C#C.C=C1C=CC=C1.CC.CCC1C2C3C2C2C1C32.CCC1C=CC=C1.C[SiH2]C. The quantitative estimate of drug-likeness (QED) is 0.338. The Labute approximate surface area is 184 Å². The van der Waals surface area contributed by atoms with Crippen LogP contribution in [0.3, 0.4) is 0 Å². The van der Waals surface area contributed by atoms with Crippen molar-refractivity contribution in [3.05, 3.63) is 60.8 Å². The zero-order valence-electron chi connectivity index (χ0n) is 19.7. The molecule has 7 aliphatic carbocycles. The standard InChI is InChI=1S/C9H12.C7H10.C6H6.C2H8Si.C2H6.C2H2/c1-2-3-4-6-7(4)9-5(3)8(6)9;1-2-7-5-3-4-6-7;1-6-4-2-3-5-6;1-3-2;2*1-2/h3-9H,2H2,1H3;3-7H,2H2,1H3;2-5H,1H2;3H2,1-2H3;1-2H3;1-2H. The maximum Gasteiger partial charge on any atom is 0.0135 e. The summed E-state index contributed by atoms with van der Waals surface area (Å²) in [5, 5.41) is 0. The Morgan fingerprint density at radius 3 is 1.31 bits per heavy atom. The molecule has 0 unspecified atom stereocenters. The zero-order chi connectivity index (χ0) is 22.0. The smallest absolute Gasteiger partial charge is 0.0135 e. The van der Waals surface area contributed by atoms with Gasteiger partial charge in [-0.15, -0.1) is 12.8 Å². The van der Waals surface area contributed by atoms with Gasteiger partial charge in [-0.3, -0.25) is 0 Å². The minimum Gasteiger partial charge on any atom is -0.124 e. The molecule has 160 valence electrons. The second-order valence-corrected chi connectivity index (χ2v) is 9.79. The van der Waals surface area contributed by atoms with Crippen LogP contribution in [0.2, 0.25) is 13.1 Å². The highest BCUT2D eigenvalue weighted by Gasteiger charge is 2.90. The van der Waals surface area contributed by atoms with E-state index in [-0.39, 0.29) is 0 Å². The fourth-order valence-electron chi connectivity index (χ4n) is 5.78. The minimum atomic E-state index is 0.417. The summed E-state index contributed by atoms with van der Waals surface area (Å²) < 4.78 is 0. The first kappa shape index (κ1) is 25.5. The molecule has 0 N–H and O–H groups in total. The monoisotopic (exact) mass is 408 g/mol. The highest BCUT2D eigenvalue weighted by Crippen LogP contribution is 2.94. The minimum absolute atomic E-state index is 0.417. The van der Waals surface area contributed by atoms with E-state index < -0.39 is 0 Å². The maximum atomic E-state index is 4.00. The average molecular weight is 409 g/mol. The van der Waals surface area contributed by atoms with Crippen molar-refractivity contribution in [2.45, 2.75) is 53.6 Å². The molecule has 0 spiro atoms. The summed E-state index contributed by atoms with van der Waals surface area (Å²) in [6.07, 6.45) is 27.3. The lowest BCUT2D eigenvalue weighted by Crippen LogP contribution is -2.00.